The maximum atomic E-state index is 4.98. The van der Waals surface area contributed by atoms with E-state index in [-0.39, 0.29) is 0 Å². The van der Waals surface area contributed by atoms with Crippen LogP contribution in [0, 0.1) is 0 Å². The van der Waals surface area contributed by atoms with Gasteiger partial charge < -0.3 is 9.13 Å². The van der Waals surface area contributed by atoms with E-state index in [9.17, 15) is 0 Å². The van der Waals surface area contributed by atoms with E-state index in [2.05, 4.69) is 137 Å². The number of aromatic nitrogens is 5. The largest absolute Gasteiger partial charge is 0.309 e. The third kappa shape index (κ3) is 4.69. The predicted octanol–water partition coefficient (Wildman–Crippen LogP) is 12.2. The highest BCUT2D eigenvalue weighted by molar-refractivity contribution is 6.26. The van der Waals surface area contributed by atoms with Gasteiger partial charge in [-0.2, -0.15) is 0 Å². The maximum Gasteiger partial charge on any atom is 0.164 e. The number of fused-ring (bicyclic) bond motifs is 9. The van der Waals surface area contributed by atoms with E-state index in [1.807, 2.05) is 60.7 Å². The summed E-state index contributed by atoms with van der Waals surface area (Å²) in [6, 6.07) is 66.2. The van der Waals surface area contributed by atoms with Crippen molar-refractivity contribution in [2.24, 2.45) is 0 Å². The third-order valence-electron chi connectivity index (χ3n) is 10.6. The molecule has 5 heteroatoms. The lowest BCUT2D eigenvalue weighted by atomic mass is 10.0. The highest BCUT2D eigenvalue weighted by atomic mass is 15.0. The van der Waals surface area contributed by atoms with Gasteiger partial charge in [-0.05, 0) is 48.5 Å². The Kier molecular flexibility index (Phi) is 6.79. The Labute approximate surface area is 311 Å². The fourth-order valence-electron chi connectivity index (χ4n) is 8.13. The number of benzene rings is 8. The molecule has 0 amide bonds. The Morgan fingerprint density at radius 2 is 0.593 bits per heavy atom. The first kappa shape index (κ1) is 30.3. The van der Waals surface area contributed by atoms with Gasteiger partial charge in [-0.15, -0.1) is 0 Å². The molecule has 11 rings (SSSR count). The lowest BCUT2D eigenvalue weighted by Gasteiger charge is -2.13. The molecule has 3 aromatic heterocycles. The molecule has 0 fully saturated rings. The molecule has 54 heavy (non-hydrogen) atoms. The van der Waals surface area contributed by atoms with E-state index in [4.69, 9.17) is 15.0 Å². The molecule has 0 unspecified atom stereocenters. The Morgan fingerprint density at radius 1 is 0.259 bits per heavy atom. The van der Waals surface area contributed by atoms with Gasteiger partial charge in [0.25, 0.3) is 0 Å². The first-order chi connectivity index (χ1) is 26.8. The van der Waals surface area contributed by atoms with Gasteiger partial charge in [0, 0.05) is 60.4 Å². The molecule has 0 aliphatic carbocycles. The first-order valence-corrected chi connectivity index (χ1v) is 18.2. The van der Waals surface area contributed by atoms with Crippen molar-refractivity contribution in [3.8, 4) is 45.5 Å². The fraction of sp³-hybridized carbons (Fsp3) is 0. The summed E-state index contributed by atoms with van der Waals surface area (Å²) in [5, 5.41) is 7.36. The number of nitrogens with zero attached hydrogens (tertiary/aromatic N) is 5. The van der Waals surface area contributed by atoms with Crippen LogP contribution in [0.2, 0.25) is 0 Å². The average molecular weight is 690 g/mol. The van der Waals surface area contributed by atoms with Gasteiger partial charge in [0.15, 0.2) is 17.5 Å². The topological polar surface area (TPSA) is 48.5 Å². The molecule has 0 radical (unpaired) electrons. The highest BCUT2D eigenvalue weighted by Gasteiger charge is 2.20. The molecule has 0 N–H and O–H groups in total. The van der Waals surface area contributed by atoms with Gasteiger partial charge in [-0.25, -0.2) is 15.0 Å². The van der Waals surface area contributed by atoms with Crippen LogP contribution in [0.25, 0.3) is 99.9 Å². The van der Waals surface area contributed by atoms with Crippen LogP contribution < -0.4 is 0 Å². The monoisotopic (exact) mass is 689 g/mol. The van der Waals surface area contributed by atoms with Gasteiger partial charge in [0.05, 0.1) is 22.1 Å². The summed E-state index contributed by atoms with van der Waals surface area (Å²) in [4.78, 5) is 14.9. The van der Waals surface area contributed by atoms with E-state index in [1.54, 1.807) is 0 Å². The van der Waals surface area contributed by atoms with Gasteiger partial charge >= 0.3 is 0 Å². The second-order valence-electron chi connectivity index (χ2n) is 13.6. The van der Waals surface area contributed by atoms with Gasteiger partial charge in [0.1, 0.15) is 0 Å². The van der Waals surface area contributed by atoms with Crippen LogP contribution in [0.5, 0.6) is 0 Å². The Hall–Kier alpha value is -7.37. The van der Waals surface area contributed by atoms with Crippen LogP contribution in [0.3, 0.4) is 0 Å². The molecule has 0 aliphatic heterocycles. The Morgan fingerprint density at radius 3 is 1.04 bits per heavy atom. The number of hydrogen-bond donors (Lipinski definition) is 0. The standard InChI is InChI=1S/C49H31N5/c1-4-14-32(15-5-1)47-50-48(33-16-6-2-7-17-33)52-49(51-47)34-24-26-36(27-25-34)54-44-23-13-11-21-38(44)40-29-30-41-42(46(40)54)31-28-39-37-20-10-12-22-43(37)53(45(39)41)35-18-8-3-9-19-35/h1-31H. The molecule has 0 spiro atoms. The molecule has 0 atom stereocenters. The van der Waals surface area contributed by atoms with Gasteiger partial charge in [0.2, 0.25) is 0 Å². The quantitative estimate of drug-likeness (QED) is 0.181. The molecule has 3 heterocycles. The van der Waals surface area contributed by atoms with Crippen LogP contribution in [0.1, 0.15) is 0 Å². The number of hydrogen-bond acceptors (Lipinski definition) is 3. The van der Waals surface area contributed by atoms with Crippen LogP contribution in [0.4, 0.5) is 0 Å². The van der Waals surface area contributed by atoms with Crippen molar-refractivity contribution >= 4 is 54.4 Å². The van der Waals surface area contributed by atoms with Crippen molar-refractivity contribution in [1.29, 1.82) is 0 Å². The summed E-state index contributed by atoms with van der Waals surface area (Å²) in [5.41, 5.74) is 9.81. The zero-order valence-corrected chi connectivity index (χ0v) is 29.1. The SMILES string of the molecule is c1ccc(-c2nc(-c3ccccc3)nc(-c3ccc(-n4c5ccccc5c5ccc6c(ccc7c8ccccc8n(-c8ccccc8)c76)c54)cc3)n2)cc1. The van der Waals surface area contributed by atoms with Crippen LogP contribution in [-0.2, 0) is 0 Å². The summed E-state index contributed by atoms with van der Waals surface area (Å²) < 4.78 is 4.83. The van der Waals surface area contributed by atoms with Crippen molar-refractivity contribution in [3.05, 3.63) is 188 Å². The zero-order chi connectivity index (χ0) is 35.6. The minimum atomic E-state index is 0.637. The van der Waals surface area contributed by atoms with E-state index < -0.39 is 0 Å². The van der Waals surface area contributed by atoms with E-state index >= 15 is 0 Å². The van der Waals surface area contributed by atoms with Crippen molar-refractivity contribution in [2.75, 3.05) is 0 Å². The summed E-state index contributed by atoms with van der Waals surface area (Å²) in [6.45, 7) is 0. The predicted molar refractivity (Wildman–Crippen MR) is 222 cm³/mol. The van der Waals surface area contributed by atoms with Crippen molar-refractivity contribution in [1.82, 2.24) is 24.1 Å². The molecule has 252 valence electrons. The summed E-state index contributed by atoms with van der Waals surface area (Å²) in [5.74, 6) is 1.94. The summed E-state index contributed by atoms with van der Waals surface area (Å²) in [6.07, 6.45) is 0. The first-order valence-electron chi connectivity index (χ1n) is 18.2. The molecule has 11 aromatic rings. The molecule has 5 nitrogen and oxygen atoms in total. The second kappa shape index (κ2) is 12.1. The van der Waals surface area contributed by atoms with Crippen LogP contribution in [0.15, 0.2) is 188 Å². The lowest BCUT2D eigenvalue weighted by molar-refractivity contribution is 1.07. The summed E-state index contributed by atoms with van der Waals surface area (Å²) >= 11 is 0. The molecule has 0 saturated carbocycles. The highest BCUT2D eigenvalue weighted by Crippen LogP contribution is 2.42. The minimum absolute atomic E-state index is 0.637. The average Bonchev–Trinajstić information content (AvgIpc) is 3.78. The number of para-hydroxylation sites is 3. The van der Waals surface area contributed by atoms with Crippen LogP contribution in [-0.4, -0.2) is 24.1 Å². The maximum absolute atomic E-state index is 4.98. The molecular weight excluding hydrogens is 659 g/mol. The molecule has 0 saturated heterocycles. The van der Waals surface area contributed by atoms with Crippen molar-refractivity contribution in [2.45, 2.75) is 0 Å². The molecule has 8 aromatic carbocycles. The Bertz CT molecular complexity index is 3120. The second-order valence-corrected chi connectivity index (χ2v) is 13.6. The molecular formula is C49H31N5. The van der Waals surface area contributed by atoms with Crippen molar-refractivity contribution in [3.63, 3.8) is 0 Å². The molecule has 0 aliphatic rings. The minimum Gasteiger partial charge on any atom is -0.309 e. The lowest BCUT2D eigenvalue weighted by Crippen LogP contribution is -2.00. The zero-order valence-electron chi connectivity index (χ0n) is 29.1. The summed E-state index contributed by atoms with van der Waals surface area (Å²) in [7, 11) is 0. The molecule has 0 bridgehead atoms. The van der Waals surface area contributed by atoms with E-state index in [0.29, 0.717) is 17.5 Å². The van der Waals surface area contributed by atoms with E-state index in [0.717, 1.165) is 33.6 Å². The van der Waals surface area contributed by atoms with E-state index in [1.165, 1.54) is 48.9 Å². The Balaban J connectivity index is 1.13. The normalized spacial score (nSPS) is 11.7. The van der Waals surface area contributed by atoms with Gasteiger partial charge in [-0.1, -0.05) is 140 Å². The fourth-order valence-corrected chi connectivity index (χ4v) is 8.13. The van der Waals surface area contributed by atoms with Crippen LogP contribution >= 0.6 is 0 Å². The van der Waals surface area contributed by atoms with Crippen molar-refractivity contribution < 1.29 is 0 Å². The smallest absolute Gasteiger partial charge is 0.164 e. The van der Waals surface area contributed by atoms with Gasteiger partial charge in [-0.3, -0.25) is 0 Å². The third-order valence-corrected chi connectivity index (χ3v) is 10.6. The number of rotatable bonds is 5.